The predicted molar refractivity (Wildman–Crippen MR) is 97.3 cm³/mol. The van der Waals surface area contributed by atoms with Crippen molar-refractivity contribution < 1.29 is 14.0 Å². The van der Waals surface area contributed by atoms with E-state index in [1.165, 1.54) is 6.39 Å². The predicted octanol–water partition coefficient (Wildman–Crippen LogP) is 1.66. The minimum absolute atomic E-state index is 0.0867. The average Bonchev–Trinajstić information content (AvgIpc) is 3.17. The number of carbonyl (C=O) groups excluding carboxylic acids is 2. The lowest BCUT2D eigenvalue weighted by atomic mass is 9.97. The fraction of sp³-hybridized carbons (Fsp3) is 0.389. The molecule has 0 bridgehead atoms. The molecule has 0 unspecified atom stereocenters. The average molecular weight is 357 g/mol. The van der Waals surface area contributed by atoms with E-state index in [1.807, 2.05) is 24.3 Å². The van der Waals surface area contributed by atoms with E-state index in [0.717, 1.165) is 24.9 Å². The Morgan fingerprint density at radius 1 is 1.38 bits per heavy atom. The third kappa shape index (κ3) is 4.82. The number of nitrogens with one attached hydrogen (secondary N) is 2. The number of hydrogen-bond donors (Lipinski definition) is 3. The molecule has 1 aliphatic rings. The number of hydrogen-bond acceptors (Lipinski definition) is 5. The molecule has 3 amide bonds. The van der Waals surface area contributed by atoms with Crippen LogP contribution in [0.2, 0.25) is 0 Å². The highest BCUT2D eigenvalue weighted by atomic mass is 16.3. The number of aromatic nitrogens is 1. The Kier molecular flexibility index (Phi) is 5.85. The smallest absolute Gasteiger partial charge is 0.319 e. The molecule has 1 aromatic carbocycles. The molecule has 0 spiro atoms. The van der Waals surface area contributed by atoms with Crippen molar-refractivity contribution in [3.8, 4) is 11.3 Å². The molecule has 0 saturated carbocycles. The second-order valence-electron chi connectivity index (χ2n) is 6.37. The Balaban J connectivity index is 1.44. The van der Waals surface area contributed by atoms with Crippen molar-refractivity contribution in [1.82, 2.24) is 15.2 Å². The van der Waals surface area contributed by atoms with E-state index < -0.39 is 0 Å². The SMILES string of the molecule is NC(=O)[C@H]1CCCN(CCNC(=O)Nc2cccc(-c3cnco3)c2)C1. The second-order valence-corrected chi connectivity index (χ2v) is 6.37. The van der Waals surface area contributed by atoms with Crippen LogP contribution in [0, 0.1) is 5.92 Å². The number of nitrogens with two attached hydrogens (primary N) is 1. The molecule has 8 heteroatoms. The first kappa shape index (κ1) is 17.9. The Bertz CT molecular complexity index is 747. The molecule has 1 aliphatic heterocycles. The van der Waals surface area contributed by atoms with E-state index in [4.69, 9.17) is 10.2 Å². The van der Waals surface area contributed by atoms with Crippen LogP contribution in [0.3, 0.4) is 0 Å². The van der Waals surface area contributed by atoms with E-state index in [1.54, 1.807) is 6.20 Å². The van der Waals surface area contributed by atoms with E-state index in [2.05, 4.69) is 20.5 Å². The van der Waals surface area contributed by atoms with Crippen molar-refractivity contribution in [2.75, 3.05) is 31.5 Å². The summed E-state index contributed by atoms with van der Waals surface area (Å²) in [4.78, 5) is 29.4. The van der Waals surface area contributed by atoms with Gasteiger partial charge in [0.2, 0.25) is 5.91 Å². The van der Waals surface area contributed by atoms with Gasteiger partial charge < -0.3 is 25.7 Å². The monoisotopic (exact) mass is 357 g/mol. The zero-order chi connectivity index (χ0) is 18.4. The normalized spacial score (nSPS) is 17.6. The highest BCUT2D eigenvalue weighted by Gasteiger charge is 2.23. The van der Waals surface area contributed by atoms with Gasteiger partial charge in [-0.3, -0.25) is 4.79 Å². The number of amides is 3. The Labute approximate surface area is 151 Å². The Morgan fingerprint density at radius 2 is 2.27 bits per heavy atom. The molecule has 26 heavy (non-hydrogen) atoms. The van der Waals surface area contributed by atoms with Crippen molar-refractivity contribution in [2.45, 2.75) is 12.8 Å². The van der Waals surface area contributed by atoms with Crippen LogP contribution in [-0.2, 0) is 4.79 Å². The van der Waals surface area contributed by atoms with Crippen molar-refractivity contribution in [3.63, 3.8) is 0 Å². The largest absolute Gasteiger partial charge is 0.444 e. The van der Waals surface area contributed by atoms with Crippen molar-refractivity contribution in [1.29, 1.82) is 0 Å². The van der Waals surface area contributed by atoms with Gasteiger partial charge in [0.1, 0.15) is 0 Å². The highest BCUT2D eigenvalue weighted by Crippen LogP contribution is 2.22. The molecular weight excluding hydrogens is 334 g/mol. The fourth-order valence-corrected chi connectivity index (χ4v) is 3.10. The van der Waals surface area contributed by atoms with Crippen molar-refractivity contribution >= 4 is 17.6 Å². The minimum Gasteiger partial charge on any atom is -0.444 e. The van der Waals surface area contributed by atoms with E-state index in [9.17, 15) is 9.59 Å². The van der Waals surface area contributed by atoms with Crippen molar-refractivity contribution in [2.24, 2.45) is 11.7 Å². The number of primary amides is 1. The number of benzene rings is 1. The Morgan fingerprint density at radius 3 is 3.04 bits per heavy atom. The van der Waals surface area contributed by atoms with Gasteiger partial charge in [-0.1, -0.05) is 12.1 Å². The summed E-state index contributed by atoms with van der Waals surface area (Å²) in [6, 6.07) is 7.08. The number of likely N-dealkylation sites (tertiary alicyclic amines) is 1. The first-order valence-corrected chi connectivity index (χ1v) is 8.67. The van der Waals surface area contributed by atoms with Crippen LogP contribution in [0.1, 0.15) is 12.8 Å². The lowest BCUT2D eigenvalue weighted by Crippen LogP contribution is -2.44. The molecule has 1 atom stereocenters. The van der Waals surface area contributed by atoms with Gasteiger partial charge in [0, 0.05) is 30.9 Å². The van der Waals surface area contributed by atoms with E-state index in [-0.39, 0.29) is 17.9 Å². The van der Waals surface area contributed by atoms with Gasteiger partial charge in [-0.05, 0) is 31.5 Å². The zero-order valence-electron chi connectivity index (χ0n) is 14.5. The van der Waals surface area contributed by atoms with E-state index >= 15 is 0 Å². The molecule has 3 rings (SSSR count). The molecular formula is C18H23N5O3. The third-order valence-corrected chi connectivity index (χ3v) is 4.46. The summed E-state index contributed by atoms with van der Waals surface area (Å²) in [5.41, 5.74) is 6.89. The first-order valence-electron chi connectivity index (χ1n) is 8.67. The summed E-state index contributed by atoms with van der Waals surface area (Å²) in [6.45, 7) is 2.78. The number of anilines is 1. The standard InChI is InChI=1S/C18H23N5O3/c19-17(24)14-4-2-7-23(11-14)8-6-21-18(25)22-15-5-1-3-13(9-15)16-10-20-12-26-16/h1,3,5,9-10,12,14H,2,4,6-8,11H2,(H2,19,24)(H2,21,22,25)/t14-/m0/s1. The molecule has 1 aromatic heterocycles. The maximum Gasteiger partial charge on any atom is 0.319 e. The summed E-state index contributed by atoms with van der Waals surface area (Å²) in [5.74, 6) is 0.312. The Hall–Kier alpha value is -2.87. The number of nitrogens with zero attached hydrogens (tertiary/aromatic N) is 2. The van der Waals surface area contributed by atoms with Crippen LogP contribution in [-0.4, -0.2) is 48.0 Å². The first-order chi connectivity index (χ1) is 12.6. The molecule has 2 aromatic rings. The lowest BCUT2D eigenvalue weighted by Gasteiger charge is -2.31. The van der Waals surface area contributed by atoms with Gasteiger partial charge in [-0.2, -0.15) is 0 Å². The molecule has 8 nitrogen and oxygen atoms in total. The molecule has 1 fully saturated rings. The minimum atomic E-state index is -0.275. The van der Waals surface area contributed by atoms with Crippen molar-refractivity contribution in [3.05, 3.63) is 36.9 Å². The zero-order valence-corrected chi connectivity index (χ0v) is 14.5. The van der Waals surface area contributed by atoms with Gasteiger partial charge >= 0.3 is 6.03 Å². The molecule has 138 valence electrons. The number of oxazole rings is 1. The van der Waals surface area contributed by atoms with Gasteiger partial charge in [-0.15, -0.1) is 0 Å². The highest BCUT2D eigenvalue weighted by molar-refractivity contribution is 5.89. The number of urea groups is 1. The summed E-state index contributed by atoms with van der Waals surface area (Å²) < 4.78 is 5.26. The molecule has 0 aliphatic carbocycles. The maximum absolute atomic E-state index is 12.1. The molecule has 2 heterocycles. The van der Waals surface area contributed by atoms with Gasteiger partial charge in [0.15, 0.2) is 12.2 Å². The summed E-state index contributed by atoms with van der Waals surface area (Å²) in [7, 11) is 0. The number of carbonyl (C=O) groups is 2. The van der Waals surface area contributed by atoms with Crippen LogP contribution in [0.25, 0.3) is 11.3 Å². The van der Waals surface area contributed by atoms with Crippen LogP contribution < -0.4 is 16.4 Å². The second kappa shape index (κ2) is 8.48. The van der Waals surface area contributed by atoms with Gasteiger partial charge in [0.05, 0.1) is 12.1 Å². The van der Waals surface area contributed by atoms with Crippen LogP contribution in [0.5, 0.6) is 0 Å². The van der Waals surface area contributed by atoms with Crippen LogP contribution in [0.4, 0.5) is 10.5 Å². The quantitative estimate of drug-likeness (QED) is 0.727. The third-order valence-electron chi connectivity index (χ3n) is 4.46. The van der Waals surface area contributed by atoms with Gasteiger partial charge in [-0.25, -0.2) is 9.78 Å². The summed E-state index contributed by atoms with van der Waals surface area (Å²) in [5, 5.41) is 5.64. The molecule has 4 N–H and O–H groups in total. The fourth-order valence-electron chi connectivity index (χ4n) is 3.10. The molecule has 1 saturated heterocycles. The number of rotatable bonds is 6. The van der Waals surface area contributed by atoms with E-state index in [0.29, 0.717) is 31.1 Å². The summed E-state index contributed by atoms with van der Waals surface area (Å²) >= 11 is 0. The number of piperidine rings is 1. The summed E-state index contributed by atoms with van der Waals surface area (Å²) in [6.07, 6.45) is 4.79. The van der Waals surface area contributed by atoms with Crippen LogP contribution >= 0.6 is 0 Å². The topological polar surface area (TPSA) is 113 Å². The lowest BCUT2D eigenvalue weighted by molar-refractivity contribution is -0.123. The maximum atomic E-state index is 12.1. The molecule has 0 radical (unpaired) electrons. The van der Waals surface area contributed by atoms with Crippen LogP contribution in [0.15, 0.2) is 41.3 Å². The van der Waals surface area contributed by atoms with Gasteiger partial charge in [0.25, 0.3) is 0 Å².